The molecule has 5 heteroatoms. The van der Waals surface area contributed by atoms with Crippen LogP contribution in [0.4, 0.5) is 0 Å². The molecule has 0 fully saturated rings. The van der Waals surface area contributed by atoms with E-state index in [1.165, 1.54) is 7.11 Å². The summed E-state index contributed by atoms with van der Waals surface area (Å²) in [6.45, 7) is 11.4. The number of carbonyl (C=O) groups is 1. The first-order valence-corrected chi connectivity index (χ1v) is 9.25. The summed E-state index contributed by atoms with van der Waals surface area (Å²) in [5.41, 5.74) is 1.08. The third-order valence-corrected chi connectivity index (χ3v) is 8.14. The number of hydrogen-bond donors (Lipinski definition) is 0. The summed E-state index contributed by atoms with van der Waals surface area (Å²) in [5, 5.41) is 0.160. The number of aldehydes is 1. The first-order chi connectivity index (χ1) is 8.71. The van der Waals surface area contributed by atoms with Crippen LogP contribution in [0.3, 0.4) is 0 Å². The highest BCUT2D eigenvalue weighted by atomic mass is 28.4. The number of rotatable bonds is 5. The van der Waals surface area contributed by atoms with Crippen molar-refractivity contribution < 1.29 is 14.0 Å². The predicted octanol–water partition coefficient (Wildman–Crippen LogP) is 3.42. The summed E-state index contributed by atoms with van der Waals surface area (Å²) >= 11 is 0. The highest BCUT2D eigenvalue weighted by Gasteiger charge is 2.37. The van der Waals surface area contributed by atoms with Crippen molar-refractivity contribution >= 4 is 14.6 Å². The summed E-state index contributed by atoms with van der Waals surface area (Å²) < 4.78 is 11.1. The molecule has 0 aliphatic heterocycles. The SMILES string of the molecule is COc1ccc(CO[Si](C)(C)C(C)(C)C)nc1C=O. The molecule has 0 saturated heterocycles. The van der Waals surface area contributed by atoms with E-state index in [1.54, 1.807) is 6.07 Å². The lowest BCUT2D eigenvalue weighted by atomic mass is 10.2. The molecular weight excluding hydrogens is 258 g/mol. The maximum absolute atomic E-state index is 10.9. The van der Waals surface area contributed by atoms with E-state index in [0.717, 1.165) is 5.69 Å². The fraction of sp³-hybridized carbons (Fsp3) is 0.571. The van der Waals surface area contributed by atoms with Crippen molar-refractivity contribution in [1.82, 2.24) is 4.98 Å². The molecule has 19 heavy (non-hydrogen) atoms. The number of carbonyl (C=O) groups excluding carboxylic acids is 1. The van der Waals surface area contributed by atoms with Crippen LogP contribution in [0.2, 0.25) is 18.1 Å². The Morgan fingerprint density at radius 3 is 2.42 bits per heavy atom. The lowest BCUT2D eigenvalue weighted by Crippen LogP contribution is -2.40. The van der Waals surface area contributed by atoms with Crippen LogP contribution in [0.5, 0.6) is 5.75 Å². The van der Waals surface area contributed by atoms with Gasteiger partial charge in [0.1, 0.15) is 11.4 Å². The summed E-state index contributed by atoms with van der Waals surface area (Å²) in [5.74, 6) is 0.492. The van der Waals surface area contributed by atoms with Crippen LogP contribution in [-0.4, -0.2) is 26.7 Å². The van der Waals surface area contributed by atoms with Crippen LogP contribution in [0.25, 0.3) is 0 Å². The zero-order valence-electron chi connectivity index (χ0n) is 12.6. The van der Waals surface area contributed by atoms with Gasteiger partial charge in [-0.2, -0.15) is 0 Å². The molecule has 0 aliphatic carbocycles. The topological polar surface area (TPSA) is 48.4 Å². The minimum atomic E-state index is -1.80. The van der Waals surface area contributed by atoms with Gasteiger partial charge in [-0.05, 0) is 30.3 Å². The Balaban J connectivity index is 2.82. The van der Waals surface area contributed by atoms with Crippen LogP contribution < -0.4 is 4.74 Å². The van der Waals surface area contributed by atoms with Gasteiger partial charge < -0.3 is 9.16 Å². The second-order valence-corrected chi connectivity index (χ2v) is 10.9. The van der Waals surface area contributed by atoms with Gasteiger partial charge in [-0.25, -0.2) is 4.98 Å². The van der Waals surface area contributed by atoms with Crippen molar-refractivity contribution in [2.45, 2.75) is 45.5 Å². The highest BCUT2D eigenvalue weighted by molar-refractivity contribution is 6.74. The molecule has 1 aromatic heterocycles. The Hall–Kier alpha value is -1.20. The molecular formula is C14H23NO3Si. The molecule has 1 aromatic rings. The average molecular weight is 281 g/mol. The van der Waals surface area contributed by atoms with Gasteiger partial charge in [-0.15, -0.1) is 0 Å². The zero-order valence-corrected chi connectivity index (χ0v) is 13.6. The molecule has 0 saturated carbocycles. The second-order valence-electron chi connectivity index (χ2n) is 6.06. The lowest BCUT2D eigenvalue weighted by Gasteiger charge is -2.36. The molecule has 1 rings (SSSR count). The van der Waals surface area contributed by atoms with E-state index < -0.39 is 8.32 Å². The lowest BCUT2D eigenvalue weighted by molar-refractivity contribution is 0.111. The molecule has 1 heterocycles. The minimum Gasteiger partial charge on any atom is -0.494 e. The van der Waals surface area contributed by atoms with E-state index >= 15 is 0 Å². The number of methoxy groups -OCH3 is 1. The van der Waals surface area contributed by atoms with Crippen LogP contribution >= 0.6 is 0 Å². The van der Waals surface area contributed by atoms with E-state index in [4.69, 9.17) is 9.16 Å². The van der Waals surface area contributed by atoms with Crippen molar-refractivity contribution in [3.05, 3.63) is 23.5 Å². The molecule has 0 radical (unpaired) electrons. The van der Waals surface area contributed by atoms with E-state index in [9.17, 15) is 4.79 Å². The van der Waals surface area contributed by atoms with Crippen molar-refractivity contribution in [1.29, 1.82) is 0 Å². The van der Waals surface area contributed by atoms with Crippen molar-refractivity contribution in [3.63, 3.8) is 0 Å². The van der Waals surface area contributed by atoms with Crippen molar-refractivity contribution in [2.24, 2.45) is 0 Å². The third kappa shape index (κ3) is 3.88. The molecule has 0 aromatic carbocycles. The molecule has 0 amide bonds. The molecule has 0 N–H and O–H groups in total. The second kappa shape index (κ2) is 5.84. The quantitative estimate of drug-likeness (QED) is 0.613. The van der Waals surface area contributed by atoms with Gasteiger partial charge in [-0.1, -0.05) is 20.8 Å². The smallest absolute Gasteiger partial charge is 0.192 e. The molecule has 0 aliphatic rings. The van der Waals surface area contributed by atoms with Crippen molar-refractivity contribution in [3.8, 4) is 5.75 Å². The average Bonchev–Trinajstić information content (AvgIpc) is 2.34. The van der Waals surface area contributed by atoms with E-state index in [1.807, 2.05) is 6.07 Å². The monoisotopic (exact) mass is 281 g/mol. The van der Waals surface area contributed by atoms with Gasteiger partial charge in [0.05, 0.1) is 19.4 Å². The van der Waals surface area contributed by atoms with Gasteiger partial charge >= 0.3 is 0 Å². The molecule has 0 spiro atoms. The van der Waals surface area contributed by atoms with Gasteiger partial charge in [-0.3, -0.25) is 4.79 Å². The molecule has 0 atom stereocenters. The van der Waals surface area contributed by atoms with Gasteiger partial charge in [0.2, 0.25) is 0 Å². The standard InChI is InChI=1S/C14H23NO3Si/c1-14(2,3)19(5,6)18-10-11-7-8-13(17-4)12(9-16)15-11/h7-9H,10H2,1-6H3. The van der Waals surface area contributed by atoms with Gasteiger partial charge in [0.15, 0.2) is 14.6 Å². The Kier molecular flexibility index (Phi) is 4.87. The van der Waals surface area contributed by atoms with E-state index in [-0.39, 0.29) is 5.04 Å². The largest absolute Gasteiger partial charge is 0.494 e. The predicted molar refractivity (Wildman–Crippen MR) is 78.2 cm³/mol. The Morgan fingerprint density at radius 1 is 1.32 bits per heavy atom. The molecule has 0 unspecified atom stereocenters. The molecule has 4 nitrogen and oxygen atoms in total. The fourth-order valence-corrected chi connectivity index (χ4v) is 2.25. The maximum Gasteiger partial charge on any atom is 0.192 e. The van der Waals surface area contributed by atoms with Crippen LogP contribution in [0, 0.1) is 0 Å². The summed E-state index contributed by atoms with van der Waals surface area (Å²) in [6.07, 6.45) is 0.703. The highest BCUT2D eigenvalue weighted by Crippen LogP contribution is 2.37. The number of aromatic nitrogens is 1. The van der Waals surface area contributed by atoms with Crippen LogP contribution in [0.15, 0.2) is 12.1 Å². The number of nitrogens with zero attached hydrogens (tertiary/aromatic N) is 1. The van der Waals surface area contributed by atoms with Gasteiger partial charge in [0, 0.05) is 0 Å². The number of pyridine rings is 1. The zero-order chi connectivity index (χ0) is 14.7. The van der Waals surface area contributed by atoms with E-state index in [2.05, 4.69) is 38.8 Å². The minimum absolute atomic E-state index is 0.160. The Bertz CT molecular complexity index is 452. The molecule has 0 bridgehead atoms. The normalized spacial score (nSPS) is 12.3. The first kappa shape index (κ1) is 15.9. The summed E-state index contributed by atoms with van der Waals surface area (Å²) in [6, 6.07) is 3.58. The first-order valence-electron chi connectivity index (χ1n) is 6.34. The van der Waals surface area contributed by atoms with E-state index in [0.29, 0.717) is 24.3 Å². The van der Waals surface area contributed by atoms with Crippen molar-refractivity contribution in [2.75, 3.05) is 7.11 Å². The number of ether oxygens (including phenoxy) is 1. The fourth-order valence-electron chi connectivity index (χ4n) is 1.31. The van der Waals surface area contributed by atoms with Crippen LogP contribution in [-0.2, 0) is 11.0 Å². The van der Waals surface area contributed by atoms with Crippen LogP contribution in [0.1, 0.15) is 37.0 Å². The summed E-state index contributed by atoms with van der Waals surface area (Å²) in [4.78, 5) is 15.2. The Morgan fingerprint density at radius 2 is 1.95 bits per heavy atom. The maximum atomic E-state index is 10.9. The summed E-state index contributed by atoms with van der Waals surface area (Å²) in [7, 11) is -0.273. The van der Waals surface area contributed by atoms with Gasteiger partial charge in [0.25, 0.3) is 0 Å². The number of hydrogen-bond acceptors (Lipinski definition) is 4. The Labute approximate surface area is 116 Å². The molecule has 106 valence electrons. The third-order valence-electron chi connectivity index (χ3n) is 3.66.